The Kier molecular flexibility index (Phi) is 2.92. The molecule has 86 valence electrons. The maximum absolute atomic E-state index is 12.0. The van der Waals surface area contributed by atoms with E-state index in [0.29, 0.717) is 11.3 Å². The second kappa shape index (κ2) is 4.08. The maximum Gasteiger partial charge on any atom is 0.389 e. The number of aromatic amines is 1. The predicted molar refractivity (Wildman–Crippen MR) is 58.2 cm³/mol. The van der Waals surface area contributed by atoms with Crippen molar-refractivity contribution in [3.8, 4) is 0 Å². The van der Waals surface area contributed by atoms with Gasteiger partial charge in [-0.3, -0.25) is 0 Å². The van der Waals surface area contributed by atoms with Gasteiger partial charge in [-0.05, 0) is 18.2 Å². The Morgan fingerprint density at radius 1 is 1.31 bits per heavy atom. The van der Waals surface area contributed by atoms with Gasteiger partial charge in [0.25, 0.3) is 0 Å². The highest BCUT2D eigenvalue weighted by Gasteiger charge is 2.27. The molecule has 2 nitrogen and oxygen atoms in total. The average Bonchev–Trinajstić information content (AvgIpc) is 2.55. The summed E-state index contributed by atoms with van der Waals surface area (Å²) in [6.45, 7) is 0. The molecule has 0 aliphatic carbocycles. The topological polar surface area (TPSA) is 28.7 Å². The van der Waals surface area contributed by atoms with Crippen LogP contribution in [0.15, 0.2) is 22.7 Å². The number of rotatable bonds is 2. The monoisotopic (exact) mass is 292 g/mol. The summed E-state index contributed by atoms with van der Waals surface area (Å²) in [5, 5.41) is 0. The fourth-order valence-corrected chi connectivity index (χ4v) is 1.77. The number of halogens is 4. The Bertz CT molecular complexity index is 504. The van der Waals surface area contributed by atoms with Gasteiger partial charge in [-0.2, -0.15) is 13.2 Å². The number of aryl methyl sites for hydroxylation is 1. The molecule has 0 radical (unpaired) electrons. The predicted octanol–water partition coefficient (Wildman–Crippen LogP) is 3.82. The van der Waals surface area contributed by atoms with E-state index in [9.17, 15) is 13.2 Å². The summed E-state index contributed by atoms with van der Waals surface area (Å²) >= 11 is 3.28. The van der Waals surface area contributed by atoms with E-state index in [4.69, 9.17) is 0 Å². The molecular weight excluding hydrogens is 285 g/mol. The standard InChI is InChI=1S/C10H8BrF3N2/c11-6-1-2-7-8(5-6)16-9(15-7)3-4-10(12,13)14/h1-2,5H,3-4H2,(H,15,16). The number of benzene rings is 1. The van der Waals surface area contributed by atoms with E-state index in [1.165, 1.54) is 0 Å². The van der Waals surface area contributed by atoms with Crippen molar-refractivity contribution in [1.82, 2.24) is 9.97 Å². The van der Waals surface area contributed by atoms with Crippen LogP contribution in [0.4, 0.5) is 13.2 Å². The highest BCUT2D eigenvalue weighted by molar-refractivity contribution is 9.10. The molecular formula is C10H8BrF3N2. The molecule has 0 spiro atoms. The van der Waals surface area contributed by atoms with Crippen LogP contribution in [0.2, 0.25) is 0 Å². The quantitative estimate of drug-likeness (QED) is 0.896. The number of hydrogen-bond acceptors (Lipinski definition) is 1. The van der Waals surface area contributed by atoms with Crippen LogP contribution in [-0.4, -0.2) is 16.1 Å². The van der Waals surface area contributed by atoms with Crippen molar-refractivity contribution in [3.05, 3.63) is 28.5 Å². The van der Waals surface area contributed by atoms with Crippen LogP contribution in [0, 0.1) is 0 Å². The third kappa shape index (κ3) is 2.75. The molecule has 0 fully saturated rings. The van der Waals surface area contributed by atoms with Crippen LogP contribution >= 0.6 is 15.9 Å². The third-order valence-electron chi connectivity index (χ3n) is 2.14. The number of imidazole rings is 1. The van der Waals surface area contributed by atoms with E-state index in [0.717, 1.165) is 9.99 Å². The van der Waals surface area contributed by atoms with Crippen LogP contribution < -0.4 is 0 Å². The number of fused-ring (bicyclic) bond motifs is 1. The first kappa shape index (κ1) is 11.4. The molecule has 6 heteroatoms. The van der Waals surface area contributed by atoms with E-state index in [2.05, 4.69) is 25.9 Å². The minimum atomic E-state index is -4.14. The van der Waals surface area contributed by atoms with Crippen molar-refractivity contribution < 1.29 is 13.2 Å². The summed E-state index contributed by atoms with van der Waals surface area (Å²) in [5.41, 5.74) is 1.42. The molecule has 2 aromatic rings. The van der Waals surface area contributed by atoms with Crippen molar-refractivity contribution >= 4 is 27.0 Å². The Balaban J connectivity index is 2.20. The molecule has 0 aliphatic rings. The zero-order chi connectivity index (χ0) is 11.8. The first-order chi connectivity index (χ1) is 7.44. The molecule has 16 heavy (non-hydrogen) atoms. The van der Waals surface area contributed by atoms with Crippen molar-refractivity contribution in [3.63, 3.8) is 0 Å². The van der Waals surface area contributed by atoms with Crippen LogP contribution in [-0.2, 0) is 6.42 Å². The summed E-state index contributed by atoms with van der Waals surface area (Å²) in [4.78, 5) is 6.95. The first-order valence-electron chi connectivity index (χ1n) is 4.65. The van der Waals surface area contributed by atoms with Gasteiger partial charge < -0.3 is 4.98 Å². The normalized spacial score (nSPS) is 12.2. The molecule has 0 saturated carbocycles. The molecule has 1 aromatic carbocycles. The lowest BCUT2D eigenvalue weighted by Crippen LogP contribution is -2.09. The lowest BCUT2D eigenvalue weighted by atomic mass is 10.3. The lowest BCUT2D eigenvalue weighted by Gasteiger charge is -2.02. The highest BCUT2D eigenvalue weighted by atomic mass is 79.9. The summed E-state index contributed by atoms with van der Waals surface area (Å²) in [5.74, 6) is 0.366. The Morgan fingerprint density at radius 3 is 2.75 bits per heavy atom. The van der Waals surface area contributed by atoms with Gasteiger partial charge in [0.15, 0.2) is 0 Å². The zero-order valence-corrected chi connectivity index (χ0v) is 9.69. The SMILES string of the molecule is FC(F)(F)CCc1nc2ccc(Br)cc2[nH]1. The molecule has 0 aliphatic heterocycles. The lowest BCUT2D eigenvalue weighted by molar-refractivity contribution is -0.134. The first-order valence-corrected chi connectivity index (χ1v) is 5.44. The van der Waals surface area contributed by atoms with Gasteiger partial charge in [-0.15, -0.1) is 0 Å². The molecule has 0 atom stereocenters. The number of nitrogens with one attached hydrogen (secondary N) is 1. The number of nitrogens with zero attached hydrogens (tertiary/aromatic N) is 1. The van der Waals surface area contributed by atoms with Crippen molar-refractivity contribution in [2.75, 3.05) is 0 Å². The minimum Gasteiger partial charge on any atom is -0.342 e. The van der Waals surface area contributed by atoms with Gasteiger partial charge in [-0.1, -0.05) is 15.9 Å². The summed E-state index contributed by atoms with van der Waals surface area (Å²) in [6, 6.07) is 5.35. The van der Waals surface area contributed by atoms with Crippen molar-refractivity contribution in [1.29, 1.82) is 0 Å². The van der Waals surface area contributed by atoms with E-state index in [1.807, 2.05) is 0 Å². The van der Waals surface area contributed by atoms with Gasteiger partial charge in [-0.25, -0.2) is 4.98 Å². The number of H-pyrrole nitrogens is 1. The van der Waals surface area contributed by atoms with Gasteiger partial charge >= 0.3 is 6.18 Å². The maximum atomic E-state index is 12.0. The summed E-state index contributed by atoms with van der Waals surface area (Å²) in [6.07, 6.45) is -5.11. The van der Waals surface area contributed by atoms with E-state index in [-0.39, 0.29) is 6.42 Å². The van der Waals surface area contributed by atoms with Crippen molar-refractivity contribution in [2.24, 2.45) is 0 Å². The fourth-order valence-electron chi connectivity index (χ4n) is 1.41. The van der Waals surface area contributed by atoms with Crippen LogP contribution in [0.3, 0.4) is 0 Å². The van der Waals surface area contributed by atoms with Crippen LogP contribution in [0.25, 0.3) is 11.0 Å². The summed E-state index contributed by atoms with van der Waals surface area (Å²) < 4.78 is 36.9. The second-order valence-electron chi connectivity index (χ2n) is 3.46. The van der Waals surface area contributed by atoms with Crippen LogP contribution in [0.5, 0.6) is 0 Å². The minimum absolute atomic E-state index is 0.115. The van der Waals surface area contributed by atoms with Gasteiger partial charge in [0, 0.05) is 10.9 Å². The van der Waals surface area contributed by atoms with E-state index >= 15 is 0 Å². The van der Waals surface area contributed by atoms with Gasteiger partial charge in [0.05, 0.1) is 17.5 Å². The molecule has 2 rings (SSSR count). The molecule has 0 unspecified atom stereocenters. The number of aromatic nitrogens is 2. The summed E-state index contributed by atoms with van der Waals surface area (Å²) in [7, 11) is 0. The average molecular weight is 293 g/mol. The molecule has 0 bridgehead atoms. The number of alkyl halides is 3. The molecule has 0 saturated heterocycles. The van der Waals surface area contributed by atoms with E-state index < -0.39 is 12.6 Å². The van der Waals surface area contributed by atoms with E-state index in [1.54, 1.807) is 18.2 Å². The smallest absolute Gasteiger partial charge is 0.342 e. The highest BCUT2D eigenvalue weighted by Crippen LogP contribution is 2.23. The molecule has 0 amide bonds. The third-order valence-corrected chi connectivity index (χ3v) is 2.63. The molecule has 1 aromatic heterocycles. The fraction of sp³-hybridized carbons (Fsp3) is 0.300. The van der Waals surface area contributed by atoms with Gasteiger partial charge in [0.2, 0.25) is 0 Å². The zero-order valence-electron chi connectivity index (χ0n) is 8.11. The Morgan fingerprint density at radius 2 is 2.06 bits per heavy atom. The number of hydrogen-bond donors (Lipinski definition) is 1. The Hall–Kier alpha value is -1.04. The van der Waals surface area contributed by atoms with Gasteiger partial charge in [0.1, 0.15) is 5.82 Å². The van der Waals surface area contributed by atoms with Crippen LogP contribution in [0.1, 0.15) is 12.2 Å². The second-order valence-corrected chi connectivity index (χ2v) is 4.38. The molecule has 1 heterocycles. The van der Waals surface area contributed by atoms with Crippen molar-refractivity contribution in [2.45, 2.75) is 19.0 Å². The largest absolute Gasteiger partial charge is 0.389 e. The Labute approximate surface area is 98.0 Å². The molecule has 1 N–H and O–H groups in total.